The summed E-state index contributed by atoms with van der Waals surface area (Å²) in [5, 5.41) is 3.51. The average Bonchev–Trinajstić information content (AvgIpc) is 3.29. The van der Waals surface area contributed by atoms with E-state index < -0.39 is 0 Å². The lowest BCUT2D eigenvalue weighted by atomic mass is 9.88. The molecule has 3 rings (SSSR count). The molecule has 2 atom stereocenters. The first-order chi connectivity index (χ1) is 9.81. The minimum atomic E-state index is 0.429. The highest BCUT2D eigenvalue weighted by atomic mass is 16.5. The fourth-order valence-corrected chi connectivity index (χ4v) is 2.97. The van der Waals surface area contributed by atoms with E-state index in [4.69, 9.17) is 9.72 Å². The van der Waals surface area contributed by atoms with E-state index in [2.05, 4.69) is 30.4 Å². The first kappa shape index (κ1) is 14.0. The second-order valence-corrected chi connectivity index (χ2v) is 6.39. The SMILES string of the molecule is CC1CCCCC1OCc1cccc(CNC2CC2)n1. The minimum absolute atomic E-state index is 0.429. The van der Waals surface area contributed by atoms with Crippen molar-refractivity contribution in [3.63, 3.8) is 0 Å². The van der Waals surface area contributed by atoms with Crippen LogP contribution >= 0.6 is 0 Å². The van der Waals surface area contributed by atoms with Gasteiger partial charge in [0.05, 0.1) is 24.1 Å². The molecule has 2 aliphatic carbocycles. The number of ether oxygens (including phenoxy) is 1. The van der Waals surface area contributed by atoms with Crippen molar-refractivity contribution in [2.75, 3.05) is 0 Å². The smallest absolute Gasteiger partial charge is 0.0891 e. The molecule has 20 heavy (non-hydrogen) atoms. The lowest BCUT2D eigenvalue weighted by molar-refractivity contribution is -0.0168. The molecule has 2 saturated carbocycles. The zero-order valence-electron chi connectivity index (χ0n) is 12.5. The summed E-state index contributed by atoms with van der Waals surface area (Å²) in [5.74, 6) is 0.698. The van der Waals surface area contributed by atoms with Crippen molar-refractivity contribution < 1.29 is 4.74 Å². The summed E-state index contributed by atoms with van der Waals surface area (Å²) in [7, 11) is 0. The van der Waals surface area contributed by atoms with E-state index in [1.165, 1.54) is 38.5 Å². The van der Waals surface area contributed by atoms with Crippen LogP contribution in [0.25, 0.3) is 0 Å². The second-order valence-electron chi connectivity index (χ2n) is 6.39. The van der Waals surface area contributed by atoms with Gasteiger partial charge in [0.1, 0.15) is 0 Å². The summed E-state index contributed by atoms with van der Waals surface area (Å²) < 4.78 is 6.09. The third-order valence-corrected chi connectivity index (χ3v) is 4.49. The van der Waals surface area contributed by atoms with Gasteiger partial charge < -0.3 is 10.1 Å². The van der Waals surface area contributed by atoms with Crippen LogP contribution in [0, 0.1) is 5.92 Å². The van der Waals surface area contributed by atoms with Crippen LogP contribution in [0.2, 0.25) is 0 Å². The molecule has 0 bridgehead atoms. The van der Waals surface area contributed by atoms with Crippen LogP contribution in [0.1, 0.15) is 56.8 Å². The van der Waals surface area contributed by atoms with Gasteiger partial charge in [0.15, 0.2) is 0 Å². The Morgan fingerprint density at radius 1 is 1.15 bits per heavy atom. The van der Waals surface area contributed by atoms with Crippen LogP contribution in [-0.4, -0.2) is 17.1 Å². The van der Waals surface area contributed by atoms with Crippen molar-refractivity contribution in [3.05, 3.63) is 29.6 Å². The molecule has 3 heteroatoms. The number of aromatic nitrogens is 1. The Hall–Kier alpha value is -0.930. The molecule has 0 radical (unpaired) electrons. The normalized spacial score (nSPS) is 26.6. The molecule has 1 N–H and O–H groups in total. The summed E-state index contributed by atoms with van der Waals surface area (Å²) in [5.41, 5.74) is 2.20. The first-order valence-electron chi connectivity index (χ1n) is 8.11. The summed E-state index contributed by atoms with van der Waals surface area (Å²) in [4.78, 5) is 4.69. The van der Waals surface area contributed by atoms with E-state index in [-0.39, 0.29) is 0 Å². The Morgan fingerprint density at radius 3 is 2.75 bits per heavy atom. The third kappa shape index (κ3) is 4.03. The predicted octanol–water partition coefficient (Wildman–Crippen LogP) is 3.43. The molecule has 2 unspecified atom stereocenters. The van der Waals surface area contributed by atoms with E-state index in [1.54, 1.807) is 0 Å². The van der Waals surface area contributed by atoms with Crippen LogP contribution < -0.4 is 5.32 Å². The molecular weight excluding hydrogens is 248 g/mol. The quantitative estimate of drug-likeness (QED) is 0.863. The lowest BCUT2D eigenvalue weighted by Crippen LogP contribution is -2.25. The molecule has 1 heterocycles. The number of hydrogen-bond donors (Lipinski definition) is 1. The molecule has 0 aromatic carbocycles. The van der Waals surface area contributed by atoms with Crippen LogP contribution in [0.3, 0.4) is 0 Å². The van der Waals surface area contributed by atoms with Crippen LogP contribution in [0.5, 0.6) is 0 Å². The standard InChI is InChI=1S/C17H26N2O/c1-13-5-2-3-8-17(13)20-12-16-7-4-6-15(19-16)11-18-14-9-10-14/h4,6-7,13-14,17-18H,2-3,5,8-12H2,1H3. The average molecular weight is 274 g/mol. The number of nitrogens with zero attached hydrogens (tertiary/aromatic N) is 1. The van der Waals surface area contributed by atoms with Crippen LogP contribution in [0.4, 0.5) is 0 Å². The molecule has 1 aromatic heterocycles. The van der Waals surface area contributed by atoms with Gasteiger partial charge >= 0.3 is 0 Å². The number of nitrogens with one attached hydrogen (secondary N) is 1. The van der Waals surface area contributed by atoms with Crippen molar-refractivity contribution in [1.29, 1.82) is 0 Å². The molecule has 110 valence electrons. The monoisotopic (exact) mass is 274 g/mol. The van der Waals surface area contributed by atoms with Gasteiger partial charge in [0.25, 0.3) is 0 Å². The molecule has 0 saturated heterocycles. The van der Waals surface area contributed by atoms with Gasteiger partial charge in [-0.1, -0.05) is 25.8 Å². The molecule has 2 fully saturated rings. The van der Waals surface area contributed by atoms with Gasteiger partial charge in [-0.25, -0.2) is 0 Å². The Kier molecular flexibility index (Phi) is 4.69. The Balaban J connectivity index is 1.49. The van der Waals surface area contributed by atoms with Crippen molar-refractivity contribution in [3.8, 4) is 0 Å². The Morgan fingerprint density at radius 2 is 1.95 bits per heavy atom. The van der Waals surface area contributed by atoms with Gasteiger partial charge in [-0.15, -0.1) is 0 Å². The maximum Gasteiger partial charge on any atom is 0.0891 e. The van der Waals surface area contributed by atoms with Crippen molar-refractivity contribution >= 4 is 0 Å². The fourth-order valence-electron chi connectivity index (χ4n) is 2.97. The second kappa shape index (κ2) is 6.68. The van der Waals surface area contributed by atoms with Crippen molar-refractivity contribution in [1.82, 2.24) is 10.3 Å². The van der Waals surface area contributed by atoms with E-state index in [9.17, 15) is 0 Å². The summed E-state index contributed by atoms with van der Waals surface area (Å²) in [6, 6.07) is 7.01. The first-order valence-corrected chi connectivity index (χ1v) is 8.11. The topological polar surface area (TPSA) is 34.1 Å². The van der Waals surface area contributed by atoms with Crippen molar-refractivity contribution in [2.45, 2.75) is 70.7 Å². The molecular formula is C17H26N2O. The highest BCUT2D eigenvalue weighted by molar-refractivity contribution is 5.11. The molecule has 0 amide bonds. The molecule has 0 spiro atoms. The zero-order valence-corrected chi connectivity index (χ0v) is 12.5. The van der Waals surface area contributed by atoms with Gasteiger partial charge in [0.2, 0.25) is 0 Å². The van der Waals surface area contributed by atoms with Crippen LogP contribution in [-0.2, 0) is 17.9 Å². The molecule has 2 aliphatic rings. The van der Waals surface area contributed by atoms with Crippen molar-refractivity contribution in [2.24, 2.45) is 5.92 Å². The fraction of sp³-hybridized carbons (Fsp3) is 0.706. The van der Waals surface area contributed by atoms with E-state index in [0.717, 1.165) is 24.0 Å². The Labute approximate surface area is 122 Å². The lowest BCUT2D eigenvalue weighted by Gasteiger charge is -2.28. The number of pyridine rings is 1. The molecule has 3 nitrogen and oxygen atoms in total. The zero-order chi connectivity index (χ0) is 13.8. The molecule has 1 aromatic rings. The largest absolute Gasteiger partial charge is 0.372 e. The molecule has 0 aliphatic heterocycles. The van der Waals surface area contributed by atoms with Gasteiger partial charge in [0, 0.05) is 12.6 Å². The number of hydrogen-bond acceptors (Lipinski definition) is 3. The summed E-state index contributed by atoms with van der Waals surface area (Å²) in [6.45, 7) is 3.86. The summed E-state index contributed by atoms with van der Waals surface area (Å²) in [6.07, 6.45) is 8.27. The maximum atomic E-state index is 6.09. The van der Waals surface area contributed by atoms with Gasteiger partial charge in [-0.05, 0) is 43.7 Å². The maximum absolute atomic E-state index is 6.09. The van der Waals surface area contributed by atoms with Crippen LogP contribution in [0.15, 0.2) is 18.2 Å². The van der Waals surface area contributed by atoms with E-state index >= 15 is 0 Å². The van der Waals surface area contributed by atoms with E-state index in [0.29, 0.717) is 18.6 Å². The predicted molar refractivity (Wildman–Crippen MR) is 80.3 cm³/mol. The number of rotatable bonds is 6. The highest BCUT2D eigenvalue weighted by Crippen LogP contribution is 2.26. The minimum Gasteiger partial charge on any atom is -0.372 e. The Bertz CT molecular complexity index is 431. The third-order valence-electron chi connectivity index (χ3n) is 4.49. The van der Waals surface area contributed by atoms with Gasteiger partial charge in [-0.2, -0.15) is 0 Å². The van der Waals surface area contributed by atoms with Gasteiger partial charge in [-0.3, -0.25) is 4.98 Å². The van der Waals surface area contributed by atoms with E-state index in [1.807, 2.05) is 0 Å². The highest BCUT2D eigenvalue weighted by Gasteiger charge is 2.22. The summed E-state index contributed by atoms with van der Waals surface area (Å²) >= 11 is 0.